The summed E-state index contributed by atoms with van der Waals surface area (Å²) in [6.07, 6.45) is 1.38. The number of imide groups is 2. The molecule has 1 aliphatic rings. The zero-order valence-electron chi connectivity index (χ0n) is 16.1. The van der Waals surface area contributed by atoms with Gasteiger partial charge in [-0.2, -0.15) is 0 Å². The Hall–Kier alpha value is -3.04. The molecular weight excluding hydrogens is 480 g/mol. The number of hydrogen-bond acceptors (Lipinski definition) is 6. The normalized spacial score (nSPS) is 15.3. The number of amides is 4. The van der Waals surface area contributed by atoms with E-state index < -0.39 is 17.8 Å². The van der Waals surface area contributed by atoms with E-state index in [0.29, 0.717) is 15.8 Å². The first kappa shape index (κ1) is 21.7. The highest BCUT2D eigenvalue weighted by atomic mass is 79.9. The summed E-state index contributed by atoms with van der Waals surface area (Å²) in [5, 5.41) is 2.40. The smallest absolute Gasteiger partial charge is 0.336 e. The highest BCUT2D eigenvalue weighted by molar-refractivity contribution is 9.10. The Kier molecular flexibility index (Phi) is 6.33. The van der Waals surface area contributed by atoms with E-state index in [1.807, 2.05) is 0 Å². The van der Waals surface area contributed by atoms with Crippen molar-refractivity contribution in [3.8, 4) is 17.2 Å². The van der Waals surface area contributed by atoms with Crippen molar-refractivity contribution in [2.24, 2.45) is 0 Å². The molecule has 0 saturated carbocycles. The molecule has 8 nitrogen and oxygen atoms in total. The minimum atomic E-state index is -0.916. The second-order valence-electron chi connectivity index (χ2n) is 6.01. The summed E-state index contributed by atoms with van der Waals surface area (Å²) in [5.41, 5.74) is 0.398. The summed E-state index contributed by atoms with van der Waals surface area (Å²) in [6.45, 7) is 0. The lowest BCUT2D eigenvalue weighted by atomic mass is 10.1. The fraction of sp³-hybridized carbons (Fsp3) is 0.150. The molecule has 0 bridgehead atoms. The Bertz CT molecular complexity index is 1090. The van der Waals surface area contributed by atoms with Crippen LogP contribution in [-0.4, -0.2) is 39.2 Å². The molecule has 1 saturated heterocycles. The van der Waals surface area contributed by atoms with Gasteiger partial charge in [-0.25, -0.2) is 9.69 Å². The lowest BCUT2D eigenvalue weighted by Gasteiger charge is -2.28. The highest BCUT2D eigenvalue weighted by Gasteiger charge is 2.38. The number of carbonyl (C=O) groups is 3. The molecule has 156 valence electrons. The number of methoxy groups -OCH3 is 3. The van der Waals surface area contributed by atoms with Gasteiger partial charge in [0.1, 0.15) is 22.8 Å². The van der Waals surface area contributed by atoms with Crippen molar-refractivity contribution in [1.29, 1.82) is 0 Å². The molecule has 1 fully saturated rings. The third kappa shape index (κ3) is 3.99. The summed E-state index contributed by atoms with van der Waals surface area (Å²) in [4.78, 5) is 38.8. The Morgan fingerprint density at radius 3 is 2.23 bits per heavy atom. The van der Waals surface area contributed by atoms with Crippen molar-refractivity contribution in [2.75, 3.05) is 26.2 Å². The van der Waals surface area contributed by atoms with E-state index in [-0.39, 0.29) is 27.8 Å². The molecule has 30 heavy (non-hydrogen) atoms. The topological polar surface area (TPSA) is 94.2 Å². The molecule has 1 N–H and O–H groups in total. The van der Waals surface area contributed by atoms with Gasteiger partial charge in [-0.15, -0.1) is 0 Å². The number of hydrogen-bond donors (Lipinski definition) is 1. The largest absolute Gasteiger partial charge is 0.496 e. The summed E-state index contributed by atoms with van der Waals surface area (Å²) < 4.78 is 16.2. The van der Waals surface area contributed by atoms with Crippen LogP contribution in [0.3, 0.4) is 0 Å². The fourth-order valence-electron chi connectivity index (χ4n) is 2.83. The average molecular weight is 496 g/mol. The van der Waals surface area contributed by atoms with E-state index in [0.717, 1.165) is 4.90 Å². The van der Waals surface area contributed by atoms with E-state index in [1.54, 1.807) is 18.2 Å². The zero-order chi connectivity index (χ0) is 22.0. The van der Waals surface area contributed by atoms with Gasteiger partial charge >= 0.3 is 6.03 Å². The molecule has 0 aliphatic carbocycles. The molecule has 0 spiro atoms. The Morgan fingerprint density at radius 2 is 1.63 bits per heavy atom. The number of nitrogens with one attached hydrogen (secondary N) is 1. The summed E-state index contributed by atoms with van der Waals surface area (Å²) in [7, 11) is 4.28. The lowest BCUT2D eigenvalue weighted by molar-refractivity contribution is -0.122. The minimum absolute atomic E-state index is 0.0792. The molecule has 2 aromatic carbocycles. The van der Waals surface area contributed by atoms with Crippen LogP contribution >= 0.6 is 27.5 Å². The van der Waals surface area contributed by atoms with E-state index in [9.17, 15) is 14.4 Å². The second-order valence-corrected chi connectivity index (χ2v) is 7.27. The standard InChI is InChI=1S/C20H16BrClN2O6/c1-28-15-5-4-10(7-12(15)21)6-11-18(25)23-20(27)24(19(11)26)14-9-16(29-2)13(22)8-17(14)30-3/h4-9H,1-3H3,(H,23,25,27). The number of barbiturate groups is 1. The van der Waals surface area contributed by atoms with E-state index in [1.165, 1.54) is 39.5 Å². The van der Waals surface area contributed by atoms with Gasteiger partial charge < -0.3 is 14.2 Å². The molecule has 1 aliphatic heterocycles. The maximum Gasteiger partial charge on any atom is 0.336 e. The highest BCUT2D eigenvalue weighted by Crippen LogP contribution is 2.39. The van der Waals surface area contributed by atoms with Gasteiger partial charge in [0.15, 0.2) is 0 Å². The van der Waals surface area contributed by atoms with Crippen LogP contribution in [0.1, 0.15) is 5.56 Å². The number of anilines is 1. The number of benzene rings is 2. The lowest BCUT2D eigenvalue weighted by Crippen LogP contribution is -2.54. The van der Waals surface area contributed by atoms with Crippen molar-refractivity contribution >= 4 is 57.1 Å². The Balaban J connectivity index is 2.08. The molecular formula is C20H16BrClN2O6. The quantitative estimate of drug-likeness (QED) is 0.501. The molecule has 3 rings (SSSR count). The minimum Gasteiger partial charge on any atom is -0.496 e. The SMILES string of the molecule is COc1cc(N2C(=O)NC(=O)C(=Cc3ccc(OC)c(Br)c3)C2=O)c(OC)cc1Cl. The summed E-state index contributed by atoms with van der Waals surface area (Å²) in [5.74, 6) is -0.655. The van der Waals surface area contributed by atoms with Crippen LogP contribution in [0.5, 0.6) is 17.2 Å². The number of halogens is 2. The number of urea groups is 1. The molecule has 2 aromatic rings. The van der Waals surface area contributed by atoms with E-state index >= 15 is 0 Å². The van der Waals surface area contributed by atoms with Crippen LogP contribution in [0.15, 0.2) is 40.4 Å². The molecule has 1 heterocycles. The number of nitrogens with zero attached hydrogens (tertiary/aromatic N) is 1. The molecule has 0 unspecified atom stereocenters. The van der Waals surface area contributed by atoms with Gasteiger partial charge in [0, 0.05) is 12.1 Å². The van der Waals surface area contributed by atoms with E-state index in [4.69, 9.17) is 25.8 Å². The van der Waals surface area contributed by atoms with Gasteiger partial charge in [-0.3, -0.25) is 14.9 Å². The number of carbonyl (C=O) groups excluding carboxylic acids is 3. The van der Waals surface area contributed by atoms with Gasteiger partial charge in [-0.1, -0.05) is 17.7 Å². The van der Waals surface area contributed by atoms with Crippen molar-refractivity contribution in [3.63, 3.8) is 0 Å². The fourth-order valence-corrected chi connectivity index (χ4v) is 3.62. The van der Waals surface area contributed by atoms with Crippen LogP contribution in [0.25, 0.3) is 6.08 Å². The summed E-state index contributed by atoms with van der Waals surface area (Å²) >= 11 is 9.46. The van der Waals surface area contributed by atoms with Crippen LogP contribution in [0.4, 0.5) is 10.5 Å². The Labute approximate surface area is 185 Å². The van der Waals surface area contributed by atoms with Gasteiger partial charge in [0.2, 0.25) is 0 Å². The van der Waals surface area contributed by atoms with Crippen LogP contribution in [0.2, 0.25) is 5.02 Å². The van der Waals surface area contributed by atoms with Crippen LogP contribution in [-0.2, 0) is 9.59 Å². The van der Waals surface area contributed by atoms with Gasteiger partial charge in [0.05, 0.1) is 36.5 Å². The van der Waals surface area contributed by atoms with Crippen molar-refractivity contribution in [1.82, 2.24) is 5.32 Å². The zero-order valence-corrected chi connectivity index (χ0v) is 18.5. The second kappa shape index (κ2) is 8.76. The van der Waals surface area contributed by atoms with Crippen molar-refractivity contribution in [2.45, 2.75) is 0 Å². The molecule has 10 heteroatoms. The molecule has 0 radical (unpaired) electrons. The first-order valence-corrected chi connectivity index (χ1v) is 9.64. The first-order valence-electron chi connectivity index (χ1n) is 8.47. The third-order valence-corrected chi connectivity index (χ3v) is 5.20. The molecule has 4 amide bonds. The predicted octanol–water partition coefficient (Wildman–Crippen LogP) is 3.79. The van der Waals surface area contributed by atoms with Crippen LogP contribution in [0, 0.1) is 0 Å². The monoisotopic (exact) mass is 494 g/mol. The predicted molar refractivity (Wildman–Crippen MR) is 114 cm³/mol. The van der Waals surface area contributed by atoms with Crippen LogP contribution < -0.4 is 24.4 Å². The van der Waals surface area contributed by atoms with Gasteiger partial charge in [0.25, 0.3) is 11.8 Å². The number of rotatable bonds is 5. The Morgan fingerprint density at radius 1 is 0.967 bits per heavy atom. The maximum absolute atomic E-state index is 13.1. The van der Waals surface area contributed by atoms with Crippen molar-refractivity contribution < 1.29 is 28.6 Å². The first-order chi connectivity index (χ1) is 14.3. The van der Waals surface area contributed by atoms with Crippen molar-refractivity contribution in [3.05, 3.63) is 51.0 Å². The maximum atomic E-state index is 13.1. The van der Waals surface area contributed by atoms with E-state index in [2.05, 4.69) is 21.2 Å². The van der Waals surface area contributed by atoms with Gasteiger partial charge in [-0.05, 0) is 39.7 Å². The summed E-state index contributed by atoms with van der Waals surface area (Å²) in [6, 6.07) is 6.91. The number of ether oxygens (including phenoxy) is 3. The third-order valence-electron chi connectivity index (χ3n) is 4.28. The average Bonchev–Trinajstić information content (AvgIpc) is 2.71. The molecule has 0 atom stereocenters. The molecule has 0 aromatic heterocycles.